The second-order valence-corrected chi connectivity index (χ2v) is 6.46. The minimum Gasteiger partial charge on any atom is -0.397 e. The summed E-state index contributed by atoms with van der Waals surface area (Å²) in [6.45, 7) is 2.54. The molecular weight excluding hydrogens is 286 g/mol. The predicted molar refractivity (Wildman–Crippen MR) is 84.2 cm³/mol. The highest BCUT2D eigenvalue weighted by Gasteiger charge is 2.34. The van der Waals surface area contributed by atoms with E-state index in [2.05, 4.69) is 0 Å². The standard InChI is InChI=1S/C15H17N3O2S/c1-8-4-5-11-9(7-8)12(16)13(21-11)15(20)18-6-2-3-10(18)14(17)19/h4-5,7,10H,2-3,6,16H2,1H3,(H2,17,19). The molecular formula is C15H17N3O2S. The van der Waals surface area contributed by atoms with E-state index in [-0.39, 0.29) is 5.91 Å². The zero-order valence-electron chi connectivity index (χ0n) is 11.8. The molecule has 4 N–H and O–H groups in total. The second-order valence-electron chi connectivity index (χ2n) is 5.40. The number of nitrogen functional groups attached to an aromatic ring is 1. The topological polar surface area (TPSA) is 89.4 Å². The third-order valence-electron chi connectivity index (χ3n) is 3.92. The monoisotopic (exact) mass is 303 g/mol. The molecule has 2 amide bonds. The van der Waals surface area contributed by atoms with E-state index >= 15 is 0 Å². The lowest BCUT2D eigenvalue weighted by Crippen LogP contribution is -2.43. The Morgan fingerprint density at radius 2 is 2.14 bits per heavy atom. The Hall–Kier alpha value is -2.08. The van der Waals surface area contributed by atoms with E-state index in [4.69, 9.17) is 11.5 Å². The Labute approximate surface area is 126 Å². The Morgan fingerprint density at radius 3 is 2.86 bits per heavy atom. The van der Waals surface area contributed by atoms with Crippen LogP contribution in [0.25, 0.3) is 10.1 Å². The van der Waals surface area contributed by atoms with Gasteiger partial charge in [0.1, 0.15) is 10.9 Å². The van der Waals surface area contributed by atoms with Crippen LogP contribution in [0.1, 0.15) is 28.1 Å². The van der Waals surface area contributed by atoms with Crippen LogP contribution in [-0.4, -0.2) is 29.3 Å². The molecule has 0 aliphatic carbocycles. The number of primary amides is 1. The van der Waals surface area contributed by atoms with Crippen LogP contribution in [0.5, 0.6) is 0 Å². The van der Waals surface area contributed by atoms with Crippen LogP contribution >= 0.6 is 11.3 Å². The molecule has 2 aromatic rings. The van der Waals surface area contributed by atoms with E-state index in [1.54, 1.807) is 4.90 Å². The van der Waals surface area contributed by atoms with Crippen molar-refractivity contribution in [2.24, 2.45) is 5.73 Å². The highest BCUT2D eigenvalue weighted by molar-refractivity contribution is 7.21. The van der Waals surface area contributed by atoms with E-state index in [0.717, 1.165) is 22.1 Å². The third-order valence-corrected chi connectivity index (χ3v) is 5.09. The molecule has 1 aromatic carbocycles. The summed E-state index contributed by atoms with van der Waals surface area (Å²) < 4.78 is 0.983. The quantitative estimate of drug-likeness (QED) is 0.887. The molecule has 1 aliphatic rings. The summed E-state index contributed by atoms with van der Waals surface area (Å²) in [5.41, 5.74) is 13.1. The van der Waals surface area contributed by atoms with E-state index in [9.17, 15) is 9.59 Å². The van der Waals surface area contributed by atoms with Gasteiger partial charge >= 0.3 is 0 Å². The summed E-state index contributed by atoms with van der Waals surface area (Å²) in [5.74, 6) is -0.635. The number of likely N-dealkylation sites (tertiary alicyclic amines) is 1. The maximum atomic E-state index is 12.7. The van der Waals surface area contributed by atoms with Crippen molar-refractivity contribution in [2.45, 2.75) is 25.8 Å². The molecule has 0 spiro atoms. The molecule has 1 fully saturated rings. The third kappa shape index (κ3) is 2.25. The summed E-state index contributed by atoms with van der Waals surface area (Å²) in [7, 11) is 0. The van der Waals surface area contributed by atoms with Crippen molar-refractivity contribution in [1.29, 1.82) is 0 Å². The number of anilines is 1. The SMILES string of the molecule is Cc1ccc2sc(C(=O)N3CCCC3C(N)=O)c(N)c2c1. The predicted octanol–water partition coefficient (Wildman–Crippen LogP) is 1.88. The number of amides is 2. The first kappa shape index (κ1) is 13.9. The fraction of sp³-hybridized carbons (Fsp3) is 0.333. The van der Waals surface area contributed by atoms with Crippen LogP contribution in [0.3, 0.4) is 0 Å². The number of thiophene rings is 1. The molecule has 6 heteroatoms. The molecule has 110 valence electrons. The Balaban J connectivity index is 2.02. The number of hydrogen-bond acceptors (Lipinski definition) is 4. The van der Waals surface area contributed by atoms with Gasteiger partial charge in [-0.05, 0) is 31.9 Å². The molecule has 1 saturated heterocycles. The van der Waals surface area contributed by atoms with Gasteiger partial charge in [0.15, 0.2) is 0 Å². The first-order chi connectivity index (χ1) is 9.99. The van der Waals surface area contributed by atoms with Crippen molar-refractivity contribution in [3.8, 4) is 0 Å². The summed E-state index contributed by atoms with van der Waals surface area (Å²) in [4.78, 5) is 26.2. The van der Waals surface area contributed by atoms with Gasteiger partial charge in [0.2, 0.25) is 5.91 Å². The molecule has 0 bridgehead atoms. The number of carbonyl (C=O) groups excluding carboxylic acids is 2. The molecule has 1 aromatic heterocycles. The van der Waals surface area contributed by atoms with Crippen molar-refractivity contribution in [1.82, 2.24) is 4.90 Å². The molecule has 1 aliphatic heterocycles. The van der Waals surface area contributed by atoms with Crippen molar-refractivity contribution in [2.75, 3.05) is 12.3 Å². The van der Waals surface area contributed by atoms with Gasteiger partial charge in [-0.1, -0.05) is 11.6 Å². The van der Waals surface area contributed by atoms with Crippen molar-refractivity contribution in [3.05, 3.63) is 28.6 Å². The first-order valence-electron chi connectivity index (χ1n) is 6.88. The minimum absolute atomic E-state index is 0.187. The van der Waals surface area contributed by atoms with Gasteiger partial charge < -0.3 is 16.4 Å². The van der Waals surface area contributed by atoms with Crippen LogP contribution in [0, 0.1) is 6.92 Å². The fourth-order valence-electron chi connectivity index (χ4n) is 2.83. The Bertz CT molecular complexity index is 738. The lowest BCUT2D eigenvalue weighted by atomic mass is 10.1. The fourth-order valence-corrected chi connectivity index (χ4v) is 3.88. The highest BCUT2D eigenvalue weighted by atomic mass is 32.1. The number of nitrogens with zero attached hydrogens (tertiary/aromatic N) is 1. The van der Waals surface area contributed by atoms with Crippen LogP contribution in [-0.2, 0) is 4.79 Å². The van der Waals surface area contributed by atoms with E-state index in [1.165, 1.54) is 11.3 Å². The van der Waals surface area contributed by atoms with Crippen LogP contribution < -0.4 is 11.5 Å². The average molecular weight is 303 g/mol. The number of benzene rings is 1. The summed E-state index contributed by atoms with van der Waals surface area (Å²) >= 11 is 1.37. The molecule has 0 saturated carbocycles. The molecule has 0 radical (unpaired) electrons. The molecule has 21 heavy (non-hydrogen) atoms. The van der Waals surface area contributed by atoms with Crippen LogP contribution in [0.4, 0.5) is 5.69 Å². The number of nitrogens with two attached hydrogens (primary N) is 2. The first-order valence-corrected chi connectivity index (χ1v) is 7.69. The summed E-state index contributed by atoms with van der Waals surface area (Å²) in [6.07, 6.45) is 1.42. The molecule has 2 heterocycles. The van der Waals surface area contributed by atoms with Gasteiger partial charge in [0.25, 0.3) is 5.91 Å². The molecule has 5 nitrogen and oxygen atoms in total. The zero-order chi connectivity index (χ0) is 15.1. The number of fused-ring (bicyclic) bond motifs is 1. The van der Waals surface area contributed by atoms with E-state index < -0.39 is 11.9 Å². The molecule has 1 unspecified atom stereocenters. The van der Waals surface area contributed by atoms with Crippen molar-refractivity contribution in [3.63, 3.8) is 0 Å². The normalized spacial score (nSPS) is 18.3. The van der Waals surface area contributed by atoms with Crippen LogP contribution in [0.2, 0.25) is 0 Å². The lowest BCUT2D eigenvalue weighted by Gasteiger charge is -2.21. The Morgan fingerprint density at radius 1 is 1.38 bits per heavy atom. The van der Waals surface area contributed by atoms with Gasteiger partial charge in [-0.2, -0.15) is 0 Å². The number of carbonyl (C=O) groups is 2. The number of rotatable bonds is 2. The van der Waals surface area contributed by atoms with Gasteiger partial charge in [0.05, 0.1) is 5.69 Å². The highest BCUT2D eigenvalue weighted by Crippen LogP contribution is 2.36. The van der Waals surface area contributed by atoms with Gasteiger partial charge in [-0.25, -0.2) is 0 Å². The molecule has 1 atom stereocenters. The largest absolute Gasteiger partial charge is 0.397 e. The van der Waals surface area contributed by atoms with Crippen molar-refractivity contribution >= 4 is 38.9 Å². The van der Waals surface area contributed by atoms with Gasteiger partial charge in [-0.3, -0.25) is 9.59 Å². The maximum absolute atomic E-state index is 12.7. The van der Waals surface area contributed by atoms with E-state index in [0.29, 0.717) is 23.5 Å². The summed E-state index contributed by atoms with van der Waals surface area (Å²) in [6, 6.07) is 5.43. The average Bonchev–Trinajstić information content (AvgIpc) is 3.04. The zero-order valence-corrected chi connectivity index (χ0v) is 12.6. The smallest absolute Gasteiger partial charge is 0.266 e. The van der Waals surface area contributed by atoms with Gasteiger partial charge in [0, 0.05) is 16.6 Å². The van der Waals surface area contributed by atoms with Crippen LogP contribution in [0.15, 0.2) is 18.2 Å². The number of hydrogen-bond donors (Lipinski definition) is 2. The van der Waals surface area contributed by atoms with E-state index in [1.807, 2.05) is 25.1 Å². The Kier molecular flexibility index (Phi) is 3.33. The second kappa shape index (κ2) is 5.04. The molecule has 3 rings (SSSR count). The minimum atomic E-state index is -0.510. The van der Waals surface area contributed by atoms with Gasteiger partial charge in [-0.15, -0.1) is 11.3 Å². The maximum Gasteiger partial charge on any atom is 0.266 e. The van der Waals surface area contributed by atoms with Crippen molar-refractivity contribution < 1.29 is 9.59 Å². The lowest BCUT2D eigenvalue weighted by molar-refractivity contribution is -0.121. The number of aryl methyl sites for hydroxylation is 1. The summed E-state index contributed by atoms with van der Waals surface area (Å²) in [5, 5.41) is 0.901.